The third-order valence-corrected chi connectivity index (χ3v) is 4.00. The number of ether oxygens (including phenoxy) is 1. The molecule has 4 nitrogen and oxygen atoms in total. The van der Waals surface area contributed by atoms with E-state index in [1.165, 1.54) is 11.3 Å². The van der Waals surface area contributed by atoms with Crippen LogP contribution in [0.15, 0.2) is 6.07 Å². The van der Waals surface area contributed by atoms with Crippen LogP contribution in [0.25, 0.3) is 10.2 Å². The highest BCUT2D eigenvalue weighted by Gasteiger charge is 2.26. The summed E-state index contributed by atoms with van der Waals surface area (Å²) in [5.41, 5.74) is 0. The van der Waals surface area contributed by atoms with E-state index < -0.39 is 12.6 Å². The normalized spacial score (nSPS) is 11.9. The summed E-state index contributed by atoms with van der Waals surface area (Å²) in [7, 11) is 1.68. The smallest absolute Gasteiger partial charge is 0.389 e. The fraction of sp³-hybridized carbons (Fsp3) is 0.538. The molecule has 2 aromatic rings. The lowest BCUT2D eigenvalue weighted by Gasteiger charge is -2.09. The molecule has 0 fully saturated rings. The maximum Gasteiger partial charge on any atom is 0.389 e. The van der Waals surface area contributed by atoms with Crippen LogP contribution in [0.3, 0.4) is 0 Å². The monoisotopic (exact) mass is 319 g/mol. The standard InChI is InChI=1S/C13H16F3N3OS/c1-3-8-7-9-10(20-6-4-5-13(14,15)16)18-12(17-2)19-11(9)21-8/h7H,3-6H2,1-2H3,(H,17,18,19). The number of hydrogen-bond donors (Lipinski definition) is 1. The quantitative estimate of drug-likeness (QED) is 0.817. The van der Waals surface area contributed by atoms with Crippen LogP contribution in [0.4, 0.5) is 19.1 Å². The van der Waals surface area contributed by atoms with E-state index in [9.17, 15) is 13.2 Å². The van der Waals surface area contributed by atoms with Gasteiger partial charge in [-0.3, -0.25) is 0 Å². The predicted octanol–water partition coefficient (Wildman–Crippen LogP) is 4.02. The molecule has 0 aliphatic rings. The second kappa shape index (κ2) is 6.46. The highest BCUT2D eigenvalue weighted by Crippen LogP contribution is 2.32. The molecular weight excluding hydrogens is 303 g/mol. The number of aromatic nitrogens is 2. The number of nitrogens with zero attached hydrogens (tertiary/aromatic N) is 2. The lowest BCUT2D eigenvalue weighted by atomic mass is 10.3. The lowest BCUT2D eigenvalue weighted by molar-refractivity contribution is -0.136. The van der Waals surface area contributed by atoms with Gasteiger partial charge in [-0.15, -0.1) is 11.3 Å². The Morgan fingerprint density at radius 3 is 2.71 bits per heavy atom. The van der Waals surface area contributed by atoms with Crippen molar-refractivity contribution in [2.45, 2.75) is 32.4 Å². The van der Waals surface area contributed by atoms with Crippen LogP contribution in [-0.2, 0) is 6.42 Å². The number of alkyl halides is 3. The minimum Gasteiger partial charge on any atom is -0.477 e. The summed E-state index contributed by atoms with van der Waals surface area (Å²) in [5.74, 6) is 0.736. The van der Waals surface area contributed by atoms with Gasteiger partial charge in [0.15, 0.2) is 0 Å². The average Bonchev–Trinajstić information content (AvgIpc) is 2.85. The van der Waals surface area contributed by atoms with E-state index in [2.05, 4.69) is 15.3 Å². The molecule has 0 saturated heterocycles. The third-order valence-electron chi connectivity index (χ3n) is 2.82. The fourth-order valence-electron chi connectivity index (χ4n) is 1.78. The number of halogens is 3. The molecule has 0 aliphatic carbocycles. The first kappa shape index (κ1) is 15.8. The number of hydrogen-bond acceptors (Lipinski definition) is 5. The van der Waals surface area contributed by atoms with Crippen molar-refractivity contribution in [1.82, 2.24) is 9.97 Å². The Kier molecular flexibility index (Phi) is 4.87. The summed E-state index contributed by atoms with van der Waals surface area (Å²) in [5, 5.41) is 3.58. The highest BCUT2D eigenvalue weighted by molar-refractivity contribution is 7.18. The van der Waals surface area contributed by atoms with Crippen LogP contribution in [0.2, 0.25) is 0 Å². The molecule has 8 heteroatoms. The molecule has 0 bridgehead atoms. The van der Waals surface area contributed by atoms with Crippen molar-refractivity contribution in [3.8, 4) is 5.88 Å². The average molecular weight is 319 g/mol. The summed E-state index contributed by atoms with van der Waals surface area (Å²) >= 11 is 1.53. The first-order valence-electron chi connectivity index (χ1n) is 6.60. The summed E-state index contributed by atoms with van der Waals surface area (Å²) in [4.78, 5) is 10.4. The van der Waals surface area contributed by atoms with Crippen molar-refractivity contribution in [3.63, 3.8) is 0 Å². The summed E-state index contributed by atoms with van der Waals surface area (Å²) in [6, 6.07) is 1.93. The topological polar surface area (TPSA) is 47.0 Å². The van der Waals surface area contributed by atoms with E-state index in [0.29, 0.717) is 11.8 Å². The number of rotatable bonds is 6. The molecule has 0 spiro atoms. The van der Waals surface area contributed by atoms with Crippen LogP contribution in [0.1, 0.15) is 24.6 Å². The van der Waals surface area contributed by atoms with Crippen molar-refractivity contribution in [3.05, 3.63) is 10.9 Å². The van der Waals surface area contributed by atoms with E-state index in [4.69, 9.17) is 4.74 Å². The molecule has 0 saturated carbocycles. The lowest BCUT2D eigenvalue weighted by Crippen LogP contribution is -2.10. The largest absolute Gasteiger partial charge is 0.477 e. The molecule has 0 radical (unpaired) electrons. The Hall–Kier alpha value is -1.57. The van der Waals surface area contributed by atoms with Crippen molar-refractivity contribution in [2.75, 3.05) is 19.0 Å². The maximum absolute atomic E-state index is 12.1. The molecule has 1 N–H and O–H groups in total. The van der Waals surface area contributed by atoms with Crippen molar-refractivity contribution in [2.24, 2.45) is 0 Å². The van der Waals surface area contributed by atoms with Crippen molar-refractivity contribution >= 4 is 27.5 Å². The van der Waals surface area contributed by atoms with Crippen LogP contribution >= 0.6 is 11.3 Å². The van der Waals surface area contributed by atoms with Gasteiger partial charge in [0, 0.05) is 18.3 Å². The molecule has 2 rings (SSSR count). The zero-order valence-electron chi connectivity index (χ0n) is 11.8. The van der Waals surface area contributed by atoms with E-state index in [0.717, 1.165) is 21.5 Å². The number of anilines is 1. The van der Waals surface area contributed by atoms with E-state index >= 15 is 0 Å². The molecule has 116 valence electrons. The van der Waals surface area contributed by atoms with E-state index in [1.54, 1.807) is 7.05 Å². The van der Waals surface area contributed by atoms with Gasteiger partial charge in [0.25, 0.3) is 0 Å². The molecule has 0 aliphatic heterocycles. The zero-order chi connectivity index (χ0) is 15.5. The first-order chi connectivity index (χ1) is 9.93. The minimum absolute atomic E-state index is 0.0217. The molecule has 0 atom stereocenters. The van der Waals surface area contributed by atoms with Gasteiger partial charge in [0.05, 0.1) is 12.0 Å². The molecule has 0 unspecified atom stereocenters. The van der Waals surface area contributed by atoms with Gasteiger partial charge in [0.2, 0.25) is 11.8 Å². The van der Waals surface area contributed by atoms with Crippen molar-refractivity contribution in [1.29, 1.82) is 0 Å². The molecule has 0 amide bonds. The summed E-state index contributed by atoms with van der Waals surface area (Å²) in [6.07, 6.45) is -4.24. The summed E-state index contributed by atoms with van der Waals surface area (Å²) in [6.45, 7) is 2.01. The second-order valence-electron chi connectivity index (χ2n) is 4.45. The molecule has 0 aromatic carbocycles. The molecule has 21 heavy (non-hydrogen) atoms. The molecular formula is C13H16F3N3OS. The predicted molar refractivity (Wildman–Crippen MR) is 77.1 cm³/mol. The van der Waals surface area contributed by atoms with Crippen molar-refractivity contribution < 1.29 is 17.9 Å². The van der Waals surface area contributed by atoms with Crippen LogP contribution in [0.5, 0.6) is 5.88 Å². The number of aryl methyl sites for hydroxylation is 1. The second-order valence-corrected chi connectivity index (χ2v) is 5.57. The third kappa shape index (κ3) is 4.20. The van der Waals surface area contributed by atoms with E-state index in [-0.39, 0.29) is 13.0 Å². The number of fused-ring (bicyclic) bond motifs is 1. The van der Waals surface area contributed by atoms with Gasteiger partial charge >= 0.3 is 6.18 Å². The fourth-order valence-corrected chi connectivity index (χ4v) is 2.74. The highest BCUT2D eigenvalue weighted by atomic mass is 32.1. The van der Waals surface area contributed by atoms with Gasteiger partial charge < -0.3 is 10.1 Å². The Bertz CT molecular complexity index is 612. The van der Waals surface area contributed by atoms with Gasteiger partial charge in [-0.2, -0.15) is 18.2 Å². The Balaban J connectivity index is 2.15. The Morgan fingerprint density at radius 1 is 1.33 bits per heavy atom. The summed E-state index contributed by atoms with van der Waals surface area (Å²) < 4.78 is 41.8. The van der Waals surface area contributed by atoms with E-state index in [1.807, 2.05) is 13.0 Å². The van der Waals surface area contributed by atoms with Crippen LogP contribution in [0, 0.1) is 0 Å². The Morgan fingerprint density at radius 2 is 2.10 bits per heavy atom. The molecule has 2 heterocycles. The maximum atomic E-state index is 12.1. The zero-order valence-corrected chi connectivity index (χ0v) is 12.6. The minimum atomic E-state index is -4.15. The first-order valence-corrected chi connectivity index (χ1v) is 7.42. The van der Waals surface area contributed by atoms with Crippen LogP contribution < -0.4 is 10.1 Å². The van der Waals surface area contributed by atoms with Gasteiger partial charge in [-0.1, -0.05) is 6.92 Å². The van der Waals surface area contributed by atoms with Crippen LogP contribution in [-0.4, -0.2) is 29.8 Å². The Labute approximate surface area is 124 Å². The van der Waals surface area contributed by atoms with Gasteiger partial charge in [0.1, 0.15) is 4.83 Å². The number of thiophene rings is 1. The van der Waals surface area contributed by atoms with Gasteiger partial charge in [-0.25, -0.2) is 4.98 Å². The molecule has 2 aromatic heterocycles. The number of nitrogens with one attached hydrogen (secondary N) is 1. The van der Waals surface area contributed by atoms with Gasteiger partial charge in [-0.05, 0) is 18.9 Å². The SMILES string of the molecule is CCc1cc2c(OCCCC(F)(F)F)nc(NC)nc2s1.